The van der Waals surface area contributed by atoms with Crippen molar-refractivity contribution in [2.45, 2.75) is 65.2 Å². The number of benzene rings is 1. The highest BCUT2D eigenvalue weighted by atomic mass is 127. The highest BCUT2D eigenvalue weighted by Gasteiger charge is 2.12. The van der Waals surface area contributed by atoms with E-state index in [0.29, 0.717) is 24.2 Å². The molecule has 0 atom stereocenters. The molecule has 25 heavy (non-hydrogen) atoms. The molecule has 1 aromatic rings. The number of nitrogens with one attached hydrogen (secondary N) is 2. The molecule has 0 saturated heterocycles. The standard InChI is InChI=1S/C20H31IN2O2/c1-3-5-7-9-11-22-19(24)16-13-17(15-18(21)14-16)20(25)23-12-10-8-6-4-2/h13-15H,3-12H2,1-2H3,(H,22,24)(H,23,25). The van der Waals surface area contributed by atoms with Gasteiger partial charge in [-0.3, -0.25) is 9.59 Å². The molecule has 1 aromatic carbocycles. The van der Waals surface area contributed by atoms with Crippen LogP contribution in [0, 0.1) is 3.57 Å². The summed E-state index contributed by atoms with van der Waals surface area (Å²) in [6.45, 7) is 5.70. The zero-order valence-corrected chi connectivity index (χ0v) is 17.7. The van der Waals surface area contributed by atoms with Crippen LogP contribution in [0.5, 0.6) is 0 Å². The van der Waals surface area contributed by atoms with Crippen LogP contribution in [0.3, 0.4) is 0 Å². The summed E-state index contributed by atoms with van der Waals surface area (Å²) in [7, 11) is 0. The van der Waals surface area contributed by atoms with Gasteiger partial charge in [0.1, 0.15) is 0 Å². The Morgan fingerprint density at radius 2 is 1.20 bits per heavy atom. The predicted octanol–water partition coefficient (Wildman–Crippen LogP) is 4.91. The summed E-state index contributed by atoms with van der Waals surface area (Å²) in [4.78, 5) is 24.6. The molecule has 0 heterocycles. The normalized spacial score (nSPS) is 10.5. The Morgan fingerprint density at radius 3 is 1.60 bits per heavy atom. The fourth-order valence-corrected chi connectivity index (χ4v) is 3.23. The summed E-state index contributed by atoms with van der Waals surface area (Å²) < 4.78 is 0.896. The lowest BCUT2D eigenvalue weighted by atomic mass is 10.1. The van der Waals surface area contributed by atoms with Gasteiger partial charge in [-0.15, -0.1) is 0 Å². The van der Waals surface area contributed by atoms with Crippen LogP contribution in [-0.2, 0) is 0 Å². The van der Waals surface area contributed by atoms with Gasteiger partial charge in [0, 0.05) is 27.8 Å². The van der Waals surface area contributed by atoms with Crippen molar-refractivity contribution in [2.75, 3.05) is 13.1 Å². The van der Waals surface area contributed by atoms with Crippen molar-refractivity contribution < 1.29 is 9.59 Å². The summed E-state index contributed by atoms with van der Waals surface area (Å²) in [5.41, 5.74) is 1.11. The quantitative estimate of drug-likeness (QED) is 0.346. The maximum absolute atomic E-state index is 12.3. The number of halogens is 1. The minimum Gasteiger partial charge on any atom is -0.352 e. The molecule has 1 rings (SSSR count). The van der Waals surface area contributed by atoms with Gasteiger partial charge in [0.2, 0.25) is 0 Å². The molecule has 2 N–H and O–H groups in total. The molecule has 0 bridgehead atoms. The number of hydrogen-bond acceptors (Lipinski definition) is 2. The second-order valence-electron chi connectivity index (χ2n) is 6.36. The average molecular weight is 458 g/mol. The lowest BCUT2D eigenvalue weighted by molar-refractivity contribution is 0.0952. The summed E-state index contributed by atoms with van der Waals surface area (Å²) in [6, 6.07) is 5.32. The first-order chi connectivity index (χ1) is 12.1. The highest BCUT2D eigenvalue weighted by Crippen LogP contribution is 2.13. The van der Waals surface area contributed by atoms with Crippen LogP contribution in [0.25, 0.3) is 0 Å². The van der Waals surface area contributed by atoms with Crippen LogP contribution in [0.15, 0.2) is 18.2 Å². The second-order valence-corrected chi connectivity index (χ2v) is 7.61. The number of amides is 2. The smallest absolute Gasteiger partial charge is 0.251 e. The van der Waals surface area contributed by atoms with Gasteiger partial charge in [-0.25, -0.2) is 0 Å². The minimum atomic E-state index is -0.105. The monoisotopic (exact) mass is 458 g/mol. The zero-order valence-electron chi connectivity index (χ0n) is 15.5. The van der Waals surface area contributed by atoms with E-state index in [1.165, 1.54) is 25.7 Å². The Morgan fingerprint density at radius 1 is 0.760 bits per heavy atom. The van der Waals surface area contributed by atoms with Gasteiger partial charge in [0.05, 0.1) is 0 Å². The topological polar surface area (TPSA) is 58.2 Å². The van der Waals surface area contributed by atoms with E-state index in [-0.39, 0.29) is 11.8 Å². The summed E-state index contributed by atoms with van der Waals surface area (Å²) in [5, 5.41) is 5.89. The maximum atomic E-state index is 12.3. The van der Waals surface area contributed by atoms with Crippen LogP contribution >= 0.6 is 22.6 Å². The number of carbonyl (C=O) groups is 2. The second kappa shape index (κ2) is 13.1. The van der Waals surface area contributed by atoms with Crippen molar-refractivity contribution in [3.8, 4) is 0 Å². The van der Waals surface area contributed by atoms with E-state index in [2.05, 4.69) is 47.1 Å². The van der Waals surface area contributed by atoms with Gasteiger partial charge in [0.15, 0.2) is 0 Å². The summed E-state index contributed by atoms with van der Waals surface area (Å²) in [5.74, 6) is -0.209. The molecule has 0 fully saturated rings. The van der Waals surface area contributed by atoms with Crippen LogP contribution in [0.4, 0.5) is 0 Å². The average Bonchev–Trinajstić information content (AvgIpc) is 2.60. The fourth-order valence-electron chi connectivity index (χ4n) is 2.56. The molecule has 0 aromatic heterocycles. The molecule has 0 aliphatic heterocycles. The molecule has 4 nitrogen and oxygen atoms in total. The number of hydrogen-bond donors (Lipinski definition) is 2. The molecular weight excluding hydrogens is 427 g/mol. The zero-order chi connectivity index (χ0) is 18.5. The third kappa shape index (κ3) is 9.23. The van der Waals surface area contributed by atoms with E-state index in [0.717, 1.165) is 29.3 Å². The number of carbonyl (C=O) groups excluding carboxylic acids is 2. The molecule has 2 amide bonds. The van der Waals surface area contributed by atoms with Crippen molar-refractivity contribution in [1.29, 1.82) is 0 Å². The Hall–Kier alpha value is -1.11. The third-order valence-electron chi connectivity index (χ3n) is 4.05. The predicted molar refractivity (Wildman–Crippen MR) is 112 cm³/mol. The van der Waals surface area contributed by atoms with E-state index < -0.39 is 0 Å². The van der Waals surface area contributed by atoms with E-state index in [4.69, 9.17) is 0 Å². The summed E-state index contributed by atoms with van der Waals surface area (Å²) >= 11 is 2.15. The van der Waals surface area contributed by atoms with Crippen molar-refractivity contribution in [3.05, 3.63) is 32.9 Å². The maximum Gasteiger partial charge on any atom is 0.251 e. The lowest BCUT2D eigenvalue weighted by Gasteiger charge is -2.09. The minimum absolute atomic E-state index is 0.105. The molecule has 0 aliphatic carbocycles. The largest absolute Gasteiger partial charge is 0.352 e. The number of rotatable bonds is 12. The van der Waals surface area contributed by atoms with Crippen LogP contribution in [0.2, 0.25) is 0 Å². The van der Waals surface area contributed by atoms with Gasteiger partial charge >= 0.3 is 0 Å². The van der Waals surface area contributed by atoms with Gasteiger partial charge in [-0.05, 0) is 53.6 Å². The van der Waals surface area contributed by atoms with Gasteiger partial charge in [-0.1, -0.05) is 52.4 Å². The van der Waals surface area contributed by atoms with Crippen molar-refractivity contribution in [3.63, 3.8) is 0 Å². The number of unbranched alkanes of at least 4 members (excludes halogenated alkanes) is 6. The fraction of sp³-hybridized carbons (Fsp3) is 0.600. The first kappa shape index (κ1) is 21.9. The first-order valence-corrected chi connectivity index (χ1v) is 10.5. The molecule has 0 spiro atoms. The van der Waals surface area contributed by atoms with Gasteiger partial charge in [-0.2, -0.15) is 0 Å². The Bertz CT molecular complexity index is 502. The molecule has 140 valence electrons. The molecule has 0 unspecified atom stereocenters. The van der Waals surface area contributed by atoms with Crippen molar-refractivity contribution in [2.24, 2.45) is 0 Å². The lowest BCUT2D eigenvalue weighted by Crippen LogP contribution is -2.27. The van der Waals surface area contributed by atoms with Crippen LogP contribution < -0.4 is 10.6 Å². The van der Waals surface area contributed by atoms with E-state index in [1.54, 1.807) is 6.07 Å². The van der Waals surface area contributed by atoms with Gasteiger partial charge in [0.25, 0.3) is 11.8 Å². The van der Waals surface area contributed by atoms with Crippen LogP contribution in [0.1, 0.15) is 85.9 Å². The third-order valence-corrected chi connectivity index (χ3v) is 4.68. The Labute approximate surface area is 165 Å². The van der Waals surface area contributed by atoms with Crippen molar-refractivity contribution >= 4 is 34.4 Å². The SMILES string of the molecule is CCCCCCNC(=O)c1cc(I)cc(C(=O)NCCCCCC)c1. The van der Waals surface area contributed by atoms with E-state index >= 15 is 0 Å². The van der Waals surface area contributed by atoms with Crippen LogP contribution in [-0.4, -0.2) is 24.9 Å². The van der Waals surface area contributed by atoms with E-state index in [9.17, 15) is 9.59 Å². The molecule has 0 saturated carbocycles. The highest BCUT2D eigenvalue weighted by molar-refractivity contribution is 14.1. The summed E-state index contributed by atoms with van der Waals surface area (Å²) in [6.07, 6.45) is 9.01. The van der Waals surface area contributed by atoms with Crippen molar-refractivity contribution in [1.82, 2.24) is 10.6 Å². The molecule has 5 heteroatoms. The molecular formula is C20H31IN2O2. The van der Waals surface area contributed by atoms with Gasteiger partial charge < -0.3 is 10.6 Å². The Kier molecular flexibility index (Phi) is 11.5. The van der Waals surface area contributed by atoms with E-state index in [1.807, 2.05) is 12.1 Å². The Balaban J connectivity index is 2.53. The molecule has 0 radical (unpaired) electrons. The first-order valence-electron chi connectivity index (χ1n) is 9.45. The molecule has 0 aliphatic rings.